The van der Waals surface area contributed by atoms with E-state index >= 15 is 0 Å². The van der Waals surface area contributed by atoms with Crippen LogP contribution in [-0.4, -0.2) is 42.3 Å². The molecule has 23 heavy (non-hydrogen) atoms. The van der Waals surface area contributed by atoms with Gasteiger partial charge in [0.25, 0.3) is 0 Å². The number of thioether (sulfide) groups is 1. The SMILES string of the molecule is CCC(=O)N=C1SC2CS(=O)(=O)CC2N1c1cc(Cl)ccc1C. The van der Waals surface area contributed by atoms with Crippen LogP contribution < -0.4 is 4.90 Å². The Kier molecular flexibility index (Phi) is 4.46. The second-order valence-corrected chi connectivity index (χ2v) is 9.54. The molecular formula is C15H17ClN2O3S2. The normalized spacial score (nSPS) is 27.4. The summed E-state index contributed by atoms with van der Waals surface area (Å²) in [5, 5.41) is 1.05. The quantitative estimate of drug-likeness (QED) is 0.798. The molecule has 3 rings (SSSR count). The molecular weight excluding hydrogens is 356 g/mol. The van der Waals surface area contributed by atoms with E-state index in [1.54, 1.807) is 19.1 Å². The zero-order valence-electron chi connectivity index (χ0n) is 12.8. The molecule has 2 heterocycles. The van der Waals surface area contributed by atoms with Crippen LogP contribution in [0, 0.1) is 6.92 Å². The van der Waals surface area contributed by atoms with Crippen molar-refractivity contribution < 1.29 is 13.2 Å². The van der Waals surface area contributed by atoms with Gasteiger partial charge < -0.3 is 4.90 Å². The Labute approximate surface area is 145 Å². The van der Waals surface area contributed by atoms with Crippen molar-refractivity contribution >= 4 is 50.0 Å². The summed E-state index contributed by atoms with van der Waals surface area (Å²) in [6, 6.07) is 5.28. The fourth-order valence-electron chi connectivity index (χ4n) is 2.87. The van der Waals surface area contributed by atoms with Crippen LogP contribution in [-0.2, 0) is 14.6 Å². The highest BCUT2D eigenvalue weighted by Crippen LogP contribution is 2.42. The molecule has 2 unspecified atom stereocenters. The average molecular weight is 373 g/mol. The molecule has 0 bridgehead atoms. The van der Waals surface area contributed by atoms with Crippen molar-refractivity contribution in [3.05, 3.63) is 28.8 Å². The number of aliphatic imine (C=N–C) groups is 1. The van der Waals surface area contributed by atoms with E-state index < -0.39 is 9.84 Å². The second-order valence-electron chi connectivity index (χ2n) is 5.74. The van der Waals surface area contributed by atoms with Crippen molar-refractivity contribution in [2.45, 2.75) is 31.6 Å². The number of carbonyl (C=O) groups excluding carboxylic acids is 1. The minimum absolute atomic E-state index is 0.0793. The number of amides is 1. The Balaban J connectivity index is 2.08. The van der Waals surface area contributed by atoms with Gasteiger partial charge in [-0.1, -0.05) is 36.4 Å². The number of amidine groups is 1. The third-order valence-electron chi connectivity index (χ3n) is 4.02. The van der Waals surface area contributed by atoms with E-state index in [1.165, 1.54) is 11.8 Å². The Hall–Kier alpha value is -1.05. The zero-order chi connectivity index (χ0) is 16.8. The molecule has 0 saturated carbocycles. The van der Waals surface area contributed by atoms with Gasteiger partial charge in [-0.05, 0) is 24.6 Å². The van der Waals surface area contributed by atoms with Crippen LogP contribution >= 0.6 is 23.4 Å². The maximum absolute atomic E-state index is 12.0. The number of sulfone groups is 1. The summed E-state index contributed by atoms with van der Waals surface area (Å²) in [5.41, 5.74) is 1.79. The minimum atomic E-state index is -3.06. The predicted molar refractivity (Wildman–Crippen MR) is 95.2 cm³/mol. The number of hydrogen-bond acceptors (Lipinski definition) is 4. The first-order valence-corrected chi connectivity index (χ1v) is 10.4. The molecule has 2 aliphatic heterocycles. The van der Waals surface area contributed by atoms with Gasteiger partial charge in [-0.2, -0.15) is 4.99 Å². The lowest BCUT2D eigenvalue weighted by atomic mass is 10.1. The van der Waals surface area contributed by atoms with Crippen molar-refractivity contribution in [1.29, 1.82) is 0 Å². The number of halogens is 1. The number of fused-ring (bicyclic) bond motifs is 1. The van der Waals surface area contributed by atoms with Gasteiger partial charge in [0.05, 0.1) is 17.5 Å². The summed E-state index contributed by atoms with van der Waals surface area (Å²) in [4.78, 5) is 17.8. The van der Waals surface area contributed by atoms with Crippen molar-refractivity contribution in [3.63, 3.8) is 0 Å². The van der Waals surface area contributed by atoms with Gasteiger partial charge in [-0.3, -0.25) is 4.79 Å². The van der Waals surface area contributed by atoms with E-state index in [0.717, 1.165) is 11.3 Å². The number of benzene rings is 1. The summed E-state index contributed by atoms with van der Waals surface area (Å²) in [7, 11) is -3.06. The lowest BCUT2D eigenvalue weighted by Crippen LogP contribution is -2.38. The van der Waals surface area contributed by atoms with Crippen molar-refractivity contribution in [1.82, 2.24) is 0 Å². The van der Waals surface area contributed by atoms with Crippen molar-refractivity contribution in [2.75, 3.05) is 16.4 Å². The number of carbonyl (C=O) groups is 1. The molecule has 2 atom stereocenters. The van der Waals surface area contributed by atoms with Gasteiger partial charge in [-0.25, -0.2) is 8.42 Å². The van der Waals surface area contributed by atoms with Crippen LogP contribution in [0.3, 0.4) is 0 Å². The van der Waals surface area contributed by atoms with Crippen LogP contribution in [0.2, 0.25) is 5.02 Å². The summed E-state index contributed by atoms with van der Waals surface area (Å²) >= 11 is 7.49. The molecule has 2 aliphatic rings. The van der Waals surface area contributed by atoms with Crippen LogP contribution in [0.4, 0.5) is 5.69 Å². The Morgan fingerprint density at radius 3 is 2.87 bits per heavy atom. The summed E-state index contributed by atoms with van der Waals surface area (Å²) in [6.07, 6.45) is 0.320. The van der Waals surface area contributed by atoms with Crippen LogP contribution in [0.25, 0.3) is 0 Å². The number of rotatable bonds is 2. The van der Waals surface area contributed by atoms with Gasteiger partial charge in [0.15, 0.2) is 15.0 Å². The third-order valence-corrected chi connectivity index (χ3v) is 7.46. The van der Waals surface area contributed by atoms with Gasteiger partial charge in [0.2, 0.25) is 5.91 Å². The minimum Gasteiger partial charge on any atom is -0.315 e. The lowest BCUT2D eigenvalue weighted by molar-refractivity contribution is -0.117. The molecule has 8 heteroatoms. The number of nitrogens with zero attached hydrogens (tertiary/aromatic N) is 2. The first kappa shape index (κ1) is 16.8. The molecule has 2 fully saturated rings. The fourth-order valence-corrected chi connectivity index (χ4v) is 6.96. The second kappa shape index (κ2) is 6.11. The molecule has 0 spiro atoms. The third kappa shape index (κ3) is 3.27. The summed E-state index contributed by atoms with van der Waals surface area (Å²) < 4.78 is 24.0. The first-order valence-electron chi connectivity index (χ1n) is 7.34. The smallest absolute Gasteiger partial charge is 0.247 e. The Morgan fingerprint density at radius 1 is 1.43 bits per heavy atom. The van der Waals surface area contributed by atoms with Gasteiger partial charge in [-0.15, -0.1) is 0 Å². The maximum atomic E-state index is 12.0. The molecule has 0 radical (unpaired) electrons. The van der Waals surface area contributed by atoms with Gasteiger partial charge in [0, 0.05) is 22.4 Å². The topological polar surface area (TPSA) is 66.8 Å². The molecule has 5 nitrogen and oxygen atoms in total. The molecule has 0 aromatic heterocycles. The maximum Gasteiger partial charge on any atom is 0.247 e. The highest BCUT2D eigenvalue weighted by molar-refractivity contribution is 8.16. The van der Waals surface area contributed by atoms with Crippen molar-refractivity contribution in [3.8, 4) is 0 Å². The van der Waals surface area contributed by atoms with E-state index in [9.17, 15) is 13.2 Å². The summed E-state index contributed by atoms with van der Waals surface area (Å²) in [5.74, 6) is -0.00620. The van der Waals surface area contributed by atoms with Crippen LogP contribution in [0.1, 0.15) is 18.9 Å². The van der Waals surface area contributed by atoms with E-state index in [-0.39, 0.29) is 28.7 Å². The Bertz CT molecular complexity index is 792. The van der Waals surface area contributed by atoms with Gasteiger partial charge >= 0.3 is 0 Å². The average Bonchev–Trinajstić information content (AvgIpc) is 2.92. The number of aryl methyl sites for hydroxylation is 1. The van der Waals surface area contributed by atoms with E-state index in [1.807, 2.05) is 17.9 Å². The highest BCUT2D eigenvalue weighted by atomic mass is 35.5. The molecule has 0 N–H and O–H groups in total. The monoisotopic (exact) mass is 372 g/mol. The van der Waals surface area contributed by atoms with E-state index in [2.05, 4.69) is 4.99 Å². The fraction of sp³-hybridized carbons (Fsp3) is 0.467. The molecule has 1 aromatic rings. The Morgan fingerprint density at radius 2 is 2.17 bits per heavy atom. The van der Waals surface area contributed by atoms with Crippen LogP contribution in [0.5, 0.6) is 0 Å². The molecule has 0 aliphatic carbocycles. The van der Waals surface area contributed by atoms with Crippen LogP contribution in [0.15, 0.2) is 23.2 Å². The molecule has 124 valence electrons. The molecule has 2 saturated heterocycles. The first-order chi connectivity index (χ1) is 10.8. The highest BCUT2D eigenvalue weighted by Gasteiger charge is 2.49. The standard InChI is InChI=1S/C15H17ClN2O3S2/c1-3-14(19)17-15-18(11-6-10(16)5-4-9(11)2)12-7-23(20,21)8-13(12)22-15/h4-6,12-13H,3,7-8H2,1-2H3. The van der Waals surface area contributed by atoms with E-state index in [4.69, 9.17) is 11.6 Å². The zero-order valence-corrected chi connectivity index (χ0v) is 15.2. The largest absolute Gasteiger partial charge is 0.315 e. The summed E-state index contributed by atoms with van der Waals surface area (Å²) in [6.45, 7) is 3.69. The van der Waals surface area contributed by atoms with E-state index in [0.29, 0.717) is 16.6 Å². The number of anilines is 1. The van der Waals surface area contributed by atoms with Gasteiger partial charge in [0.1, 0.15) is 0 Å². The van der Waals surface area contributed by atoms with Crippen molar-refractivity contribution in [2.24, 2.45) is 4.99 Å². The number of hydrogen-bond donors (Lipinski definition) is 0. The lowest BCUT2D eigenvalue weighted by Gasteiger charge is -2.26. The molecule has 1 aromatic carbocycles. The molecule has 1 amide bonds. The predicted octanol–water partition coefficient (Wildman–Crippen LogP) is 2.66.